The highest BCUT2D eigenvalue weighted by molar-refractivity contribution is 7.10. The van der Waals surface area contributed by atoms with E-state index >= 15 is 0 Å². The van der Waals surface area contributed by atoms with Crippen LogP contribution in [0.4, 0.5) is 5.69 Å². The monoisotopic (exact) mass is 390 g/mol. The minimum absolute atomic E-state index is 0.0454. The first-order valence-electron chi connectivity index (χ1n) is 9.52. The molecule has 0 saturated carbocycles. The second kappa shape index (κ2) is 7.98. The Kier molecular flexibility index (Phi) is 5.26. The first kappa shape index (κ1) is 18.4. The van der Waals surface area contributed by atoms with Crippen molar-refractivity contribution in [2.75, 3.05) is 0 Å². The molecule has 0 saturated heterocycles. The summed E-state index contributed by atoms with van der Waals surface area (Å²) in [5, 5.41) is 10.6. The molecule has 1 aliphatic heterocycles. The molecule has 0 unspecified atom stereocenters. The Morgan fingerprint density at radius 3 is 2.75 bits per heavy atom. The SMILES string of the molecule is CCc1cccc2c1N=CC2=Cc1sc(=O)n(CCCc2ccccc2)c1O. The molecule has 1 aliphatic rings. The highest BCUT2D eigenvalue weighted by atomic mass is 32.1. The molecule has 142 valence electrons. The summed E-state index contributed by atoms with van der Waals surface area (Å²) in [5.41, 5.74) is 5.41. The first-order valence-corrected chi connectivity index (χ1v) is 10.3. The molecule has 1 N–H and O–H groups in total. The lowest BCUT2D eigenvalue weighted by molar-refractivity contribution is 0.408. The van der Waals surface area contributed by atoms with Crippen molar-refractivity contribution in [1.29, 1.82) is 0 Å². The molecular formula is C23H22N2O2S. The van der Waals surface area contributed by atoms with Gasteiger partial charge in [0.05, 0.1) is 10.6 Å². The maximum absolute atomic E-state index is 12.4. The zero-order valence-corrected chi connectivity index (χ0v) is 16.6. The third-order valence-electron chi connectivity index (χ3n) is 5.01. The Morgan fingerprint density at radius 1 is 1.14 bits per heavy atom. The average molecular weight is 391 g/mol. The number of fused-ring (bicyclic) bond motifs is 1. The van der Waals surface area contributed by atoms with Crippen LogP contribution in [-0.4, -0.2) is 15.9 Å². The number of aryl methyl sites for hydroxylation is 2. The average Bonchev–Trinajstić information content (AvgIpc) is 3.25. The predicted molar refractivity (Wildman–Crippen MR) is 117 cm³/mol. The minimum atomic E-state index is -0.130. The summed E-state index contributed by atoms with van der Waals surface area (Å²) in [4.78, 5) is 17.4. The predicted octanol–water partition coefficient (Wildman–Crippen LogP) is 5.07. The summed E-state index contributed by atoms with van der Waals surface area (Å²) in [7, 11) is 0. The molecule has 2 heterocycles. The Balaban J connectivity index is 1.55. The van der Waals surface area contributed by atoms with Gasteiger partial charge in [-0.25, -0.2) is 0 Å². The maximum atomic E-state index is 12.4. The van der Waals surface area contributed by atoms with Crippen molar-refractivity contribution >= 4 is 34.9 Å². The molecule has 2 aromatic carbocycles. The van der Waals surface area contributed by atoms with Crippen molar-refractivity contribution in [2.24, 2.45) is 4.99 Å². The largest absolute Gasteiger partial charge is 0.493 e. The lowest BCUT2D eigenvalue weighted by atomic mass is 10.0. The summed E-state index contributed by atoms with van der Waals surface area (Å²) in [6.45, 7) is 2.61. The van der Waals surface area contributed by atoms with Gasteiger partial charge in [-0.2, -0.15) is 0 Å². The number of thiazole rings is 1. The van der Waals surface area contributed by atoms with Gasteiger partial charge in [0.25, 0.3) is 0 Å². The summed E-state index contributed by atoms with van der Waals surface area (Å²) < 4.78 is 1.47. The molecular weight excluding hydrogens is 368 g/mol. The summed E-state index contributed by atoms with van der Waals surface area (Å²) in [5.74, 6) is 0.0454. The van der Waals surface area contributed by atoms with Gasteiger partial charge in [0.15, 0.2) is 0 Å². The molecule has 0 fully saturated rings. The van der Waals surface area contributed by atoms with Crippen LogP contribution in [-0.2, 0) is 19.4 Å². The number of rotatable bonds is 6. The maximum Gasteiger partial charge on any atom is 0.310 e. The zero-order valence-electron chi connectivity index (χ0n) is 15.8. The molecule has 28 heavy (non-hydrogen) atoms. The topological polar surface area (TPSA) is 54.6 Å². The molecule has 4 nitrogen and oxygen atoms in total. The van der Waals surface area contributed by atoms with Crippen LogP contribution in [0.15, 0.2) is 58.3 Å². The van der Waals surface area contributed by atoms with Gasteiger partial charge in [-0.1, -0.05) is 66.8 Å². The third kappa shape index (κ3) is 3.58. The molecule has 0 spiro atoms. The van der Waals surface area contributed by atoms with Gasteiger partial charge in [0.2, 0.25) is 5.88 Å². The molecule has 4 rings (SSSR count). The number of aliphatic imine (C=N–C) groups is 1. The second-order valence-corrected chi connectivity index (χ2v) is 7.81. The van der Waals surface area contributed by atoms with Gasteiger partial charge in [-0.3, -0.25) is 14.4 Å². The standard InChI is InChI=1S/C23H22N2O2S/c1-2-17-11-6-12-19-18(15-24-21(17)19)14-20-22(26)25(23(27)28-20)13-7-10-16-8-4-3-5-9-16/h3-6,8-9,11-12,14-15,26H,2,7,10,13H2,1H3. The Morgan fingerprint density at radius 2 is 1.96 bits per heavy atom. The molecule has 0 aliphatic carbocycles. The number of aromatic nitrogens is 1. The van der Waals surface area contributed by atoms with E-state index in [0.717, 1.165) is 47.4 Å². The van der Waals surface area contributed by atoms with Gasteiger partial charge in [0, 0.05) is 23.9 Å². The molecule has 5 heteroatoms. The quantitative estimate of drug-likeness (QED) is 0.639. The van der Waals surface area contributed by atoms with Gasteiger partial charge in [0.1, 0.15) is 0 Å². The third-order valence-corrected chi connectivity index (χ3v) is 5.93. The summed E-state index contributed by atoms with van der Waals surface area (Å²) in [6.07, 6.45) is 6.27. The van der Waals surface area contributed by atoms with Gasteiger partial charge < -0.3 is 5.11 Å². The Labute approximate surface area is 168 Å². The van der Waals surface area contributed by atoms with E-state index in [2.05, 4.69) is 30.1 Å². The van der Waals surface area contributed by atoms with Crippen LogP contribution in [0.2, 0.25) is 0 Å². The van der Waals surface area contributed by atoms with E-state index in [9.17, 15) is 9.90 Å². The molecule has 1 aromatic heterocycles. The van der Waals surface area contributed by atoms with E-state index in [0.29, 0.717) is 11.4 Å². The van der Waals surface area contributed by atoms with Crippen LogP contribution >= 0.6 is 11.3 Å². The van der Waals surface area contributed by atoms with E-state index in [1.807, 2.05) is 42.6 Å². The van der Waals surface area contributed by atoms with Gasteiger partial charge >= 0.3 is 4.87 Å². The molecule has 0 bridgehead atoms. The second-order valence-electron chi connectivity index (χ2n) is 6.82. The van der Waals surface area contributed by atoms with Crippen molar-refractivity contribution in [2.45, 2.75) is 32.7 Å². The number of benzene rings is 2. The van der Waals surface area contributed by atoms with E-state index in [1.54, 1.807) is 0 Å². The molecule has 3 aromatic rings. The highest BCUT2D eigenvalue weighted by Crippen LogP contribution is 2.37. The van der Waals surface area contributed by atoms with Crippen LogP contribution in [0.5, 0.6) is 5.88 Å². The van der Waals surface area contributed by atoms with Crippen molar-refractivity contribution in [3.05, 3.63) is 79.8 Å². The van der Waals surface area contributed by atoms with Crippen LogP contribution in [0.3, 0.4) is 0 Å². The van der Waals surface area contributed by atoms with Crippen LogP contribution < -0.4 is 4.87 Å². The Bertz CT molecular complexity index is 1110. The molecule has 0 atom stereocenters. The first-order chi connectivity index (χ1) is 13.7. The van der Waals surface area contributed by atoms with Crippen LogP contribution in [0.1, 0.15) is 34.9 Å². The number of allylic oxidation sites excluding steroid dienone is 1. The van der Waals surface area contributed by atoms with Crippen molar-refractivity contribution < 1.29 is 5.11 Å². The zero-order chi connectivity index (χ0) is 19.5. The lowest BCUT2D eigenvalue weighted by Crippen LogP contribution is -2.12. The lowest BCUT2D eigenvalue weighted by Gasteiger charge is -2.05. The van der Waals surface area contributed by atoms with Crippen molar-refractivity contribution in [1.82, 2.24) is 4.57 Å². The normalized spacial score (nSPS) is 14.0. The van der Waals surface area contributed by atoms with E-state index in [-0.39, 0.29) is 10.8 Å². The van der Waals surface area contributed by atoms with Gasteiger partial charge in [-0.15, -0.1) is 0 Å². The number of hydrogen-bond acceptors (Lipinski definition) is 4. The van der Waals surface area contributed by atoms with E-state index < -0.39 is 0 Å². The van der Waals surface area contributed by atoms with Crippen LogP contribution in [0, 0.1) is 0 Å². The van der Waals surface area contributed by atoms with E-state index in [4.69, 9.17) is 0 Å². The Hall–Kier alpha value is -2.92. The minimum Gasteiger partial charge on any atom is -0.493 e. The number of aromatic hydroxyl groups is 1. The summed E-state index contributed by atoms with van der Waals surface area (Å²) >= 11 is 1.08. The van der Waals surface area contributed by atoms with Gasteiger partial charge in [-0.05, 0) is 36.5 Å². The number of hydrogen-bond donors (Lipinski definition) is 1. The molecule has 0 amide bonds. The highest BCUT2D eigenvalue weighted by Gasteiger charge is 2.18. The fourth-order valence-electron chi connectivity index (χ4n) is 3.51. The number of para-hydroxylation sites is 1. The number of nitrogens with zero attached hydrogens (tertiary/aromatic N) is 2. The van der Waals surface area contributed by atoms with Crippen LogP contribution in [0.25, 0.3) is 11.6 Å². The van der Waals surface area contributed by atoms with E-state index in [1.165, 1.54) is 15.7 Å². The summed E-state index contributed by atoms with van der Waals surface area (Å²) in [6, 6.07) is 16.3. The molecule has 0 radical (unpaired) electrons. The fourth-order valence-corrected chi connectivity index (χ4v) is 4.38. The van der Waals surface area contributed by atoms with Crippen molar-refractivity contribution in [3.8, 4) is 5.88 Å². The smallest absolute Gasteiger partial charge is 0.310 e. The van der Waals surface area contributed by atoms with Crippen molar-refractivity contribution in [3.63, 3.8) is 0 Å². The fraction of sp³-hybridized carbons (Fsp3) is 0.217.